The van der Waals surface area contributed by atoms with E-state index >= 15 is 0 Å². The number of thioether (sulfide) groups is 1. The van der Waals surface area contributed by atoms with Crippen LogP contribution >= 0.6 is 11.8 Å². The van der Waals surface area contributed by atoms with Crippen LogP contribution in [0.1, 0.15) is 18.9 Å². The topological polar surface area (TPSA) is 26.3 Å². The minimum absolute atomic E-state index is 0.0572. The molecule has 0 spiro atoms. The SMILES string of the molecule is COC(=O)CC(C)Sc1ccc(C(F)(F)F)cc1F. The Balaban J connectivity index is 2.78. The van der Waals surface area contributed by atoms with Crippen LogP contribution in [0, 0.1) is 5.82 Å². The number of methoxy groups -OCH3 is 1. The predicted octanol–water partition coefficient (Wildman–Crippen LogP) is 3.89. The highest BCUT2D eigenvalue weighted by molar-refractivity contribution is 8.00. The Labute approximate surface area is 112 Å². The summed E-state index contributed by atoms with van der Waals surface area (Å²) < 4.78 is 55.0. The smallest absolute Gasteiger partial charge is 0.416 e. The highest BCUT2D eigenvalue weighted by Crippen LogP contribution is 2.34. The molecule has 7 heteroatoms. The molecule has 0 bridgehead atoms. The maximum absolute atomic E-state index is 13.5. The number of hydrogen-bond acceptors (Lipinski definition) is 3. The van der Waals surface area contributed by atoms with Crippen molar-refractivity contribution in [1.82, 2.24) is 0 Å². The summed E-state index contributed by atoms with van der Waals surface area (Å²) in [6, 6.07) is 2.33. The molecule has 0 fully saturated rings. The largest absolute Gasteiger partial charge is 0.469 e. The third-order valence-electron chi connectivity index (χ3n) is 2.27. The van der Waals surface area contributed by atoms with Crippen molar-refractivity contribution >= 4 is 17.7 Å². The molecule has 1 atom stereocenters. The van der Waals surface area contributed by atoms with Gasteiger partial charge in [-0.25, -0.2) is 4.39 Å². The van der Waals surface area contributed by atoms with Crippen LogP contribution in [0.15, 0.2) is 23.1 Å². The molecule has 106 valence electrons. The third kappa shape index (κ3) is 4.74. The number of hydrogen-bond donors (Lipinski definition) is 0. The number of benzene rings is 1. The normalized spacial score (nSPS) is 13.2. The zero-order valence-electron chi connectivity index (χ0n) is 10.3. The zero-order valence-corrected chi connectivity index (χ0v) is 11.1. The van der Waals surface area contributed by atoms with Gasteiger partial charge in [0, 0.05) is 10.1 Å². The third-order valence-corrected chi connectivity index (χ3v) is 3.42. The predicted molar refractivity (Wildman–Crippen MR) is 63.4 cm³/mol. The number of ether oxygens (including phenoxy) is 1. The van der Waals surface area contributed by atoms with Gasteiger partial charge >= 0.3 is 12.1 Å². The Morgan fingerprint density at radius 1 is 1.42 bits per heavy atom. The fourth-order valence-corrected chi connectivity index (χ4v) is 2.32. The molecule has 0 aliphatic heterocycles. The molecule has 0 radical (unpaired) electrons. The summed E-state index contributed by atoms with van der Waals surface area (Å²) in [6.07, 6.45) is -4.51. The van der Waals surface area contributed by atoms with Crippen molar-refractivity contribution in [3.8, 4) is 0 Å². The van der Waals surface area contributed by atoms with Crippen LogP contribution in [0.25, 0.3) is 0 Å². The number of carbonyl (C=O) groups excluding carboxylic acids is 1. The monoisotopic (exact) mass is 296 g/mol. The maximum Gasteiger partial charge on any atom is 0.416 e. The Morgan fingerprint density at radius 2 is 2.05 bits per heavy atom. The lowest BCUT2D eigenvalue weighted by Gasteiger charge is -2.12. The molecule has 0 amide bonds. The van der Waals surface area contributed by atoms with Gasteiger partial charge in [0.25, 0.3) is 0 Å². The van der Waals surface area contributed by atoms with Gasteiger partial charge in [-0.3, -0.25) is 4.79 Å². The van der Waals surface area contributed by atoms with Crippen molar-refractivity contribution in [2.24, 2.45) is 0 Å². The molecule has 0 aliphatic rings. The van der Waals surface area contributed by atoms with E-state index < -0.39 is 23.5 Å². The molecule has 1 unspecified atom stereocenters. The van der Waals surface area contributed by atoms with Crippen molar-refractivity contribution in [3.05, 3.63) is 29.6 Å². The molecule has 1 aromatic rings. The molecule has 0 heterocycles. The fourth-order valence-electron chi connectivity index (χ4n) is 1.35. The van der Waals surface area contributed by atoms with Crippen LogP contribution in [0.5, 0.6) is 0 Å². The maximum atomic E-state index is 13.5. The number of carbonyl (C=O) groups is 1. The summed E-state index contributed by atoms with van der Waals surface area (Å²) in [7, 11) is 1.23. The van der Waals surface area contributed by atoms with E-state index in [0.29, 0.717) is 6.07 Å². The van der Waals surface area contributed by atoms with Crippen LogP contribution in [0.3, 0.4) is 0 Å². The van der Waals surface area contributed by atoms with Crippen molar-refractivity contribution in [3.63, 3.8) is 0 Å². The lowest BCUT2D eigenvalue weighted by Crippen LogP contribution is -2.09. The molecule has 0 aliphatic carbocycles. The van der Waals surface area contributed by atoms with E-state index in [2.05, 4.69) is 4.74 Å². The van der Waals surface area contributed by atoms with E-state index in [1.807, 2.05) is 0 Å². The number of esters is 1. The van der Waals surface area contributed by atoms with Crippen LogP contribution in [-0.4, -0.2) is 18.3 Å². The van der Waals surface area contributed by atoms with Gasteiger partial charge in [0.05, 0.1) is 19.1 Å². The lowest BCUT2D eigenvalue weighted by atomic mass is 10.2. The molecule has 0 saturated heterocycles. The van der Waals surface area contributed by atoms with Crippen LogP contribution < -0.4 is 0 Å². The Bertz CT molecular complexity index is 460. The second-order valence-electron chi connectivity index (χ2n) is 3.85. The van der Waals surface area contributed by atoms with Gasteiger partial charge in [-0.2, -0.15) is 13.2 Å². The van der Waals surface area contributed by atoms with Gasteiger partial charge in [-0.1, -0.05) is 6.92 Å². The first-order valence-electron chi connectivity index (χ1n) is 5.34. The van der Waals surface area contributed by atoms with E-state index in [0.717, 1.165) is 23.9 Å². The Kier molecular flexibility index (Phi) is 5.22. The quantitative estimate of drug-likeness (QED) is 0.479. The van der Waals surface area contributed by atoms with E-state index in [1.54, 1.807) is 6.92 Å². The van der Waals surface area contributed by atoms with Crippen LogP contribution in [0.2, 0.25) is 0 Å². The molecule has 0 aromatic heterocycles. The van der Waals surface area contributed by atoms with Gasteiger partial charge in [-0.05, 0) is 18.2 Å². The van der Waals surface area contributed by atoms with Gasteiger partial charge in [0.1, 0.15) is 5.82 Å². The molecule has 1 rings (SSSR count). The van der Waals surface area contributed by atoms with E-state index in [9.17, 15) is 22.4 Å². The van der Waals surface area contributed by atoms with Crippen molar-refractivity contribution < 1.29 is 27.1 Å². The van der Waals surface area contributed by atoms with E-state index in [-0.39, 0.29) is 16.6 Å². The van der Waals surface area contributed by atoms with Crippen molar-refractivity contribution in [2.75, 3.05) is 7.11 Å². The molecule has 0 N–H and O–H groups in total. The minimum atomic E-state index is -4.57. The van der Waals surface area contributed by atoms with E-state index in [4.69, 9.17) is 0 Å². The summed E-state index contributed by atoms with van der Waals surface area (Å²) in [5.41, 5.74) is -1.03. The summed E-state index contributed by atoms with van der Waals surface area (Å²) in [6.45, 7) is 1.67. The van der Waals surface area contributed by atoms with Gasteiger partial charge in [-0.15, -0.1) is 11.8 Å². The van der Waals surface area contributed by atoms with Crippen LogP contribution in [-0.2, 0) is 15.7 Å². The molecular weight excluding hydrogens is 284 g/mol. The minimum Gasteiger partial charge on any atom is -0.469 e. The first kappa shape index (κ1) is 15.8. The molecule has 0 saturated carbocycles. The Hall–Kier alpha value is -1.24. The first-order valence-corrected chi connectivity index (χ1v) is 6.22. The zero-order chi connectivity index (χ0) is 14.6. The van der Waals surface area contributed by atoms with Gasteiger partial charge in [0.2, 0.25) is 0 Å². The van der Waals surface area contributed by atoms with E-state index in [1.165, 1.54) is 7.11 Å². The average molecular weight is 296 g/mol. The molecule has 19 heavy (non-hydrogen) atoms. The standard InChI is InChI=1S/C12H12F4O2S/c1-7(5-11(17)18-2)19-10-4-3-8(6-9(10)13)12(14,15)16/h3-4,6-7H,5H2,1-2H3. The second-order valence-corrected chi connectivity index (χ2v) is 5.33. The van der Waals surface area contributed by atoms with Gasteiger partial charge < -0.3 is 4.74 Å². The summed E-state index contributed by atoms with van der Waals surface area (Å²) >= 11 is 0.990. The molecule has 2 nitrogen and oxygen atoms in total. The molecular formula is C12H12F4O2S. The number of rotatable bonds is 4. The van der Waals surface area contributed by atoms with Crippen molar-refractivity contribution in [1.29, 1.82) is 0 Å². The second kappa shape index (κ2) is 6.27. The average Bonchev–Trinajstić information content (AvgIpc) is 2.30. The van der Waals surface area contributed by atoms with Crippen LogP contribution in [0.4, 0.5) is 17.6 Å². The number of halogens is 4. The lowest BCUT2D eigenvalue weighted by molar-refractivity contribution is -0.140. The highest BCUT2D eigenvalue weighted by atomic mass is 32.2. The van der Waals surface area contributed by atoms with Gasteiger partial charge in [0.15, 0.2) is 0 Å². The summed E-state index contributed by atoms with van der Waals surface area (Å²) in [4.78, 5) is 11.1. The Morgan fingerprint density at radius 3 is 2.53 bits per heavy atom. The fraction of sp³-hybridized carbons (Fsp3) is 0.417. The highest BCUT2D eigenvalue weighted by Gasteiger charge is 2.31. The van der Waals surface area contributed by atoms with Crippen molar-refractivity contribution in [2.45, 2.75) is 29.7 Å². The first-order chi connectivity index (χ1) is 8.74. The summed E-state index contributed by atoms with van der Waals surface area (Å²) in [5, 5.41) is -0.293. The summed E-state index contributed by atoms with van der Waals surface area (Å²) in [5.74, 6) is -1.40. The number of alkyl halides is 3. The molecule has 1 aromatic carbocycles.